The first-order valence-electron chi connectivity index (χ1n) is 5.34. The number of rotatable bonds is 6. The summed E-state index contributed by atoms with van der Waals surface area (Å²) in [5.41, 5.74) is 0.681. The van der Waals surface area contributed by atoms with E-state index in [0.29, 0.717) is 25.1 Å². The molecule has 0 aliphatic heterocycles. The van der Waals surface area contributed by atoms with Crippen LogP contribution in [0.4, 0.5) is 17.6 Å². The standard InChI is InChI=1S/C11H14F4N2/c12-10-5-9(7-17-8-10)6-16-4-2-1-3-11(13,14)15/h5,7-8,16H,1-4,6H2. The van der Waals surface area contributed by atoms with Crippen molar-refractivity contribution < 1.29 is 17.6 Å². The highest BCUT2D eigenvalue weighted by Gasteiger charge is 2.25. The highest BCUT2D eigenvalue weighted by molar-refractivity contribution is 5.09. The van der Waals surface area contributed by atoms with Crippen molar-refractivity contribution >= 4 is 0 Å². The minimum atomic E-state index is -4.08. The first-order chi connectivity index (χ1) is 7.97. The zero-order valence-corrected chi connectivity index (χ0v) is 9.23. The number of hydrogen-bond acceptors (Lipinski definition) is 2. The molecule has 0 radical (unpaired) electrons. The van der Waals surface area contributed by atoms with Gasteiger partial charge in [0.2, 0.25) is 0 Å². The van der Waals surface area contributed by atoms with E-state index in [4.69, 9.17) is 0 Å². The van der Waals surface area contributed by atoms with Gasteiger partial charge in [-0.05, 0) is 31.0 Å². The summed E-state index contributed by atoms with van der Waals surface area (Å²) in [6.45, 7) is 0.892. The molecule has 1 heterocycles. The van der Waals surface area contributed by atoms with Gasteiger partial charge in [-0.2, -0.15) is 13.2 Å². The van der Waals surface area contributed by atoms with E-state index < -0.39 is 18.4 Å². The van der Waals surface area contributed by atoms with Crippen molar-refractivity contribution in [1.82, 2.24) is 10.3 Å². The Hall–Kier alpha value is -1.17. The van der Waals surface area contributed by atoms with Crippen molar-refractivity contribution in [3.8, 4) is 0 Å². The normalized spacial score (nSPS) is 11.8. The lowest BCUT2D eigenvalue weighted by Gasteiger charge is -2.07. The summed E-state index contributed by atoms with van der Waals surface area (Å²) in [7, 11) is 0. The van der Waals surface area contributed by atoms with E-state index in [2.05, 4.69) is 10.3 Å². The van der Waals surface area contributed by atoms with E-state index in [1.807, 2.05) is 0 Å². The number of nitrogens with one attached hydrogen (secondary N) is 1. The molecule has 0 amide bonds. The second-order valence-corrected chi connectivity index (χ2v) is 3.76. The van der Waals surface area contributed by atoms with E-state index in [1.54, 1.807) is 0 Å². The number of pyridine rings is 1. The minimum Gasteiger partial charge on any atom is -0.313 e. The van der Waals surface area contributed by atoms with Gasteiger partial charge in [0.15, 0.2) is 0 Å². The molecule has 0 aliphatic carbocycles. The Morgan fingerprint density at radius 2 is 1.94 bits per heavy atom. The summed E-state index contributed by atoms with van der Waals surface area (Å²) in [4.78, 5) is 3.67. The second-order valence-electron chi connectivity index (χ2n) is 3.76. The summed E-state index contributed by atoms with van der Waals surface area (Å²) in [5, 5.41) is 2.94. The monoisotopic (exact) mass is 250 g/mol. The van der Waals surface area contributed by atoms with Crippen molar-refractivity contribution in [3.63, 3.8) is 0 Å². The SMILES string of the molecule is Fc1cncc(CNCCCCC(F)(F)F)c1. The first-order valence-corrected chi connectivity index (χ1v) is 5.34. The Labute approximate surface area is 97.1 Å². The molecule has 96 valence electrons. The number of alkyl halides is 3. The highest BCUT2D eigenvalue weighted by Crippen LogP contribution is 2.21. The van der Waals surface area contributed by atoms with Gasteiger partial charge >= 0.3 is 6.18 Å². The Bertz CT molecular complexity index is 338. The van der Waals surface area contributed by atoms with Gasteiger partial charge in [-0.3, -0.25) is 4.98 Å². The molecular weight excluding hydrogens is 236 g/mol. The van der Waals surface area contributed by atoms with Gasteiger partial charge < -0.3 is 5.32 Å². The molecule has 0 atom stereocenters. The van der Waals surface area contributed by atoms with Crippen LogP contribution in [-0.4, -0.2) is 17.7 Å². The lowest BCUT2D eigenvalue weighted by Crippen LogP contribution is -2.16. The molecule has 0 saturated heterocycles. The fourth-order valence-corrected chi connectivity index (χ4v) is 1.36. The van der Waals surface area contributed by atoms with Gasteiger partial charge in [0.05, 0.1) is 6.20 Å². The number of halogens is 4. The highest BCUT2D eigenvalue weighted by atomic mass is 19.4. The zero-order valence-electron chi connectivity index (χ0n) is 9.23. The van der Waals surface area contributed by atoms with Crippen LogP contribution in [0, 0.1) is 5.82 Å². The van der Waals surface area contributed by atoms with Crippen LogP contribution >= 0.6 is 0 Å². The van der Waals surface area contributed by atoms with Crippen LogP contribution in [0.15, 0.2) is 18.5 Å². The summed E-state index contributed by atoms with van der Waals surface area (Å²) in [6, 6.07) is 1.34. The average Bonchev–Trinajstić information content (AvgIpc) is 2.22. The van der Waals surface area contributed by atoms with Gasteiger partial charge in [-0.15, -0.1) is 0 Å². The van der Waals surface area contributed by atoms with Gasteiger partial charge in [-0.25, -0.2) is 4.39 Å². The molecule has 0 spiro atoms. The molecule has 0 unspecified atom stereocenters. The Morgan fingerprint density at radius 1 is 1.18 bits per heavy atom. The summed E-state index contributed by atoms with van der Waals surface area (Å²) < 4.78 is 48.1. The molecular formula is C11H14F4N2. The van der Waals surface area contributed by atoms with Crippen LogP contribution < -0.4 is 5.32 Å². The molecule has 0 aromatic carbocycles. The largest absolute Gasteiger partial charge is 0.389 e. The predicted octanol–water partition coefficient (Wildman–Crippen LogP) is 3.04. The molecule has 17 heavy (non-hydrogen) atoms. The van der Waals surface area contributed by atoms with Crippen LogP contribution in [0.25, 0.3) is 0 Å². The Balaban J connectivity index is 2.09. The predicted molar refractivity (Wildman–Crippen MR) is 55.8 cm³/mol. The average molecular weight is 250 g/mol. The van der Waals surface area contributed by atoms with Crippen molar-refractivity contribution in [1.29, 1.82) is 0 Å². The molecule has 1 aromatic heterocycles. The third kappa shape index (κ3) is 6.88. The maximum atomic E-state index is 12.7. The fourth-order valence-electron chi connectivity index (χ4n) is 1.36. The van der Waals surface area contributed by atoms with Crippen LogP contribution in [-0.2, 0) is 6.54 Å². The Kier molecular flexibility index (Phi) is 5.34. The van der Waals surface area contributed by atoms with Gasteiger partial charge in [0, 0.05) is 19.2 Å². The molecule has 2 nitrogen and oxygen atoms in total. The summed E-state index contributed by atoms with van der Waals surface area (Å²) in [6.07, 6.45) is -1.65. The Morgan fingerprint density at radius 3 is 2.59 bits per heavy atom. The first kappa shape index (κ1) is 13.9. The number of unbranched alkanes of at least 4 members (excludes halogenated alkanes) is 1. The van der Waals surface area contributed by atoms with E-state index in [0.717, 1.165) is 6.20 Å². The molecule has 1 rings (SSSR count). The quantitative estimate of drug-likeness (QED) is 0.620. The van der Waals surface area contributed by atoms with Crippen molar-refractivity contribution in [2.75, 3.05) is 6.54 Å². The van der Waals surface area contributed by atoms with Crippen LogP contribution in [0.1, 0.15) is 24.8 Å². The smallest absolute Gasteiger partial charge is 0.313 e. The van der Waals surface area contributed by atoms with E-state index in [1.165, 1.54) is 12.3 Å². The molecule has 0 fully saturated rings. The zero-order chi connectivity index (χ0) is 12.7. The van der Waals surface area contributed by atoms with Crippen molar-refractivity contribution in [3.05, 3.63) is 29.8 Å². The number of aromatic nitrogens is 1. The van der Waals surface area contributed by atoms with E-state index in [-0.39, 0.29) is 6.42 Å². The van der Waals surface area contributed by atoms with Gasteiger partial charge in [0.25, 0.3) is 0 Å². The topological polar surface area (TPSA) is 24.9 Å². The molecule has 6 heteroatoms. The molecule has 1 N–H and O–H groups in total. The molecule has 0 aliphatic rings. The molecule has 0 saturated carbocycles. The second kappa shape index (κ2) is 6.54. The van der Waals surface area contributed by atoms with Crippen LogP contribution in [0.2, 0.25) is 0 Å². The third-order valence-electron chi connectivity index (χ3n) is 2.15. The van der Waals surface area contributed by atoms with Crippen LogP contribution in [0.5, 0.6) is 0 Å². The third-order valence-corrected chi connectivity index (χ3v) is 2.15. The lowest BCUT2D eigenvalue weighted by atomic mass is 10.2. The van der Waals surface area contributed by atoms with Gasteiger partial charge in [-0.1, -0.05) is 0 Å². The minimum absolute atomic E-state index is 0.109. The summed E-state index contributed by atoms with van der Waals surface area (Å²) in [5.74, 6) is -0.415. The summed E-state index contributed by atoms with van der Waals surface area (Å²) >= 11 is 0. The maximum Gasteiger partial charge on any atom is 0.389 e. The van der Waals surface area contributed by atoms with Crippen LogP contribution in [0.3, 0.4) is 0 Å². The van der Waals surface area contributed by atoms with E-state index >= 15 is 0 Å². The van der Waals surface area contributed by atoms with Gasteiger partial charge in [0.1, 0.15) is 5.82 Å². The lowest BCUT2D eigenvalue weighted by molar-refractivity contribution is -0.135. The number of nitrogens with zero attached hydrogens (tertiary/aromatic N) is 1. The van der Waals surface area contributed by atoms with E-state index in [9.17, 15) is 17.6 Å². The van der Waals surface area contributed by atoms with Crippen molar-refractivity contribution in [2.45, 2.75) is 32.0 Å². The van der Waals surface area contributed by atoms with Crippen molar-refractivity contribution in [2.24, 2.45) is 0 Å². The fraction of sp³-hybridized carbons (Fsp3) is 0.545. The maximum absolute atomic E-state index is 12.7. The molecule has 0 bridgehead atoms. The molecule has 1 aromatic rings. The number of hydrogen-bond donors (Lipinski definition) is 1.